The number of ether oxygens (including phenoxy) is 1. The molecule has 0 radical (unpaired) electrons. The van der Waals surface area contributed by atoms with E-state index in [0.717, 1.165) is 6.42 Å². The van der Waals surface area contributed by atoms with Crippen molar-refractivity contribution in [2.24, 2.45) is 11.8 Å². The van der Waals surface area contributed by atoms with Crippen LogP contribution in [0.3, 0.4) is 0 Å². The quantitative estimate of drug-likeness (QED) is 0.813. The first kappa shape index (κ1) is 19.0. The van der Waals surface area contributed by atoms with Crippen molar-refractivity contribution in [1.29, 1.82) is 0 Å². The lowest BCUT2D eigenvalue weighted by molar-refractivity contribution is 0.0600. The minimum Gasteiger partial charge on any atom is -0.465 e. The standard InChI is InChI=1S/C18H25FN2O4/c1-10-9-21(18(23)24)6-5-14(10)12(3)20-16-8-13(17(22)25-4)7-15(19)11(16)2/h7-8,10,12,14,20H,5-6,9H2,1-4H3,(H,23,24)/t10-,12+,14+/m1/s1. The van der Waals surface area contributed by atoms with Crippen LogP contribution < -0.4 is 5.32 Å². The lowest BCUT2D eigenvalue weighted by Gasteiger charge is -2.39. The van der Waals surface area contributed by atoms with Crippen LogP contribution in [-0.2, 0) is 4.74 Å². The van der Waals surface area contributed by atoms with Gasteiger partial charge >= 0.3 is 12.1 Å². The summed E-state index contributed by atoms with van der Waals surface area (Å²) in [6.07, 6.45) is -0.158. The fourth-order valence-electron chi connectivity index (χ4n) is 3.50. The van der Waals surface area contributed by atoms with Gasteiger partial charge in [-0.25, -0.2) is 14.0 Å². The Morgan fingerprint density at radius 1 is 1.44 bits per heavy atom. The summed E-state index contributed by atoms with van der Waals surface area (Å²) in [5.74, 6) is -0.620. The lowest BCUT2D eigenvalue weighted by Crippen LogP contribution is -2.46. The Hall–Kier alpha value is -2.31. The van der Waals surface area contributed by atoms with E-state index in [1.54, 1.807) is 13.0 Å². The fraction of sp³-hybridized carbons (Fsp3) is 0.556. The van der Waals surface area contributed by atoms with E-state index < -0.39 is 17.9 Å². The molecule has 3 atom stereocenters. The van der Waals surface area contributed by atoms with E-state index in [1.165, 1.54) is 18.1 Å². The van der Waals surface area contributed by atoms with Gasteiger partial charge in [0, 0.05) is 30.4 Å². The van der Waals surface area contributed by atoms with Crippen LogP contribution in [0.1, 0.15) is 36.2 Å². The number of carboxylic acid groups (broad SMARTS) is 1. The molecule has 1 amide bonds. The van der Waals surface area contributed by atoms with Gasteiger partial charge in [0.05, 0.1) is 12.7 Å². The number of esters is 1. The molecular formula is C18H25FN2O4. The van der Waals surface area contributed by atoms with Gasteiger partial charge in [0.2, 0.25) is 0 Å². The van der Waals surface area contributed by atoms with Crippen molar-refractivity contribution in [3.63, 3.8) is 0 Å². The number of nitrogens with zero attached hydrogens (tertiary/aromatic N) is 1. The molecule has 1 aliphatic heterocycles. The Bertz CT molecular complexity index is 665. The van der Waals surface area contributed by atoms with Gasteiger partial charge in [-0.3, -0.25) is 0 Å². The Morgan fingerprint density at radius 2 is 2.12 bits per heavy atom. The van der Waals surface area contributed by atoms with Crippen molar-refractivity contribution in [1.82, 2.24) is 4.90 Å². The molecule has 0 unspecified atom stereocenters. The predicted molar refractivity (Wildman–Crippen MR) is 92.4 cm³/mol. The smallest absolute Gasteiger partial charge is 0.407 e. The van der Waals surface area contributed by atoms with Gasteiger partial charge < -0.3 is 20.1 Å². The van der Waals surface area contributed by atoms with Crippen molar-refractivity contribution in [3.05, 3.63) is 29.1 Å². The van der Waals surface area contributed by atoms with Gasteiger partial charge in [0.25, 0.3) is 0 Å². The number of amides is 1. The second-order valence-corrected chi connectivity index (χ2v) is 6.71. The number of methoxy groups -OCH3 is 1. The second kappa shape index (κ2) is 7.72. The monoisotopic (exact) mass is 352 g/mol. The van der Waals surface area contributed by atoms with Gasteiger partial charge in [0.15, 0.2) is 0 Å². The Morgan fingerprint density at radius 3 is 2.68 bits per heavy atom. The van der Waals surface area contributed by atoms with E-state index in [9.17, 15) is 14.0 Å². The van der Waals surface area contributed by atoms with Crippen LogP contribution in [0.25, 0.3) is 0 Å². The molecule has 0 spiro atoms. The molecule has 1 aliphatic rings. The van der Waals surface area contributed by atoms with Gasteiger partial charge in [-0.2, -0.15) is 0 Å². The van der Waals surface area contributed by atoms with E-state index in [4.69, 9.17) is 5.11 Å². The summed E-state index contributed by atoms with van der Waals surface area (Å²) in [5, 5.41) is 12.4. The summed E-state index contributed by atoms with van der Waals surface area (Å²) >= 11 is 0. The van der Waals surface area contributed by atoms with Gasteiger partial charge in [-0.1, -0.05) is 6.92 Å². The maximum Gasteiger partial charge on any atom is 0.407 e. The Kier molecular flexibility index (Phi) is 5.87. The first-order valence-corrected chi connectivity index (χ1v) is 8.37. The van der Waals surface area contributed by atoms with E-state index in [-0.39, 0.29) is 23.4 Å². The zero-order valence-corrected chi connectivity index (χ0v) is 15.0. The van der Waals surface area contributed by atoms with Crippen LogP contribution in [0.15, 0.2) is 12.1 Å². The second-order valence-electron chi connectivity index (χ2n) is 6.71. The average Bonchev–Trinajstić information content (AvgIpc) is 2.57. The summed E-state index contributed by atoms with van der Waals surface area (Å²) in [6, 6.07) is 2.78. The molecule has 1 heterocycles. The summed E-state index contributed by atoms with van der Waals surface area (Å²) in [6.45, 7) is 6.66. The molecule has 7 heteroatoms. The molecule has 0 aliphatic carbocycles. The lowest BCUT2D eigenvalue weighted by atomic mass is 9.82. The number of hydrogen-bond donors (Lipinski definition) is 2. The Balaban J connectivity index is 2.15. The van der Waals surface area contributed by atoms with Gasteiger partial charge in [0.1, 0.15) is 5.82 Å². The summed E-state index contributed by atoms with van der Waals surface area (Å²) in [5.41, 5.74) is 1.16. The van der Waals surface area contributed by atoms with E-state index in [1.807, 2.05) is 13.8 Å². The maximum absolute atomic E-state index is 14.1. The van der Waals surface area contributed by atoms with E-state index >= 15 is 0 Å². The molecule has 2 rings (SSSR count). The number of piperidine rings is 1. The molecule has 6 nitrogen and oxygen atoms in total. The highest BCUT2D eigenvalue weighted by Gasteiger charge is 2.32. The molecule has 1 aromatic carbocycles. The zero-order valence-electron chi connectivity index (χ0n) is 15.0. The van der Waals surface area contributed by atoms with E-state index in [0.29, 0.717) is 24.3 Å². The molecule has 25 heavy (non-hydrogen) atoms. The molecule has 1 aromatic rings. The van der Waals surface area contributed by atoms with Crippen LogP contribution in [0, 0.1) is 24.6 Å². The number of nitrogens with one attached hydrogen (secondary N) is 1. The van der Waals surface area contributed by atoms with Crippen LogP contribution in [0.2, 0.25) is 0 Å². The summed E-state index contributed by atoms with van der Waals surface area (Å²) < 4.78 is 18.8. The number of carbonyl (C=O) groups excluding carboxylic acids is 1. The summed E-state index contributed by atoms with van der Waals surface area (Å²) in [7, 11) is 1.26. The van der Waals surface area contributed by atoms with Crippen molar-refractivity contribution in [2.75, 3.05) is 25.5 Å². The minimum absolute atomic E-state index is 0.0111. The molecule has 0 saturated carbocycles. The van der Waals surface area contributed by atoms with Gasteiger partial charge in [-0.05, 0) is 44.2 Å². The van der Waals surface area contributed by atoms with Crippen LogP contribution in [0.4, 0.5) is 14.9 Å². The highest BCUT2D eigenvalue weighted by atomic mass is 19.1. The fourth-order valence-corrected chi connectivity index (χ4v) is 3.50. The summed E-state index contributed by atoms with van der Waals surface area (Å²) in [4.78, 5) is 24.2. The third-order valence-electron chi connectivity index (χ3n) is 5.03. The van der Waals surface area contributed by atoms with Crippen molar-refractivity contribution in [3.8, 4) is 0 Å². The van der Waals surface area contributed by atoms with Crippen molar-refractivity contribution in [2.45, 2.75) is 33.2 Å². The minimum atomic E-state index is -0.894. The number of benzene rings is 1. The molecule has 0 aromatic heterocycles. The molecule has 1 saturated heterocycles. The molecule has 0 bridgehead atoms. The third-order valence-corrected chi connectivity index (χ3v) is 5.03. The Labute approximate surface area is 147 Å². The van der Waals surface area contributed by atoms with Crippen molar-refractivity contribution < 1.29 is 23.8 Å². The topological polar surface area (TPSA) is 78.9 Å². The largest absolute Gasteiger partial charge is 0.465 e. The zero-order chi connectivity index (χ0) is 18.7. The highest BCUT2D eigenvalue weighted by Crippen LogP contribution is 2.30. The molecule has 1 fully saturated rings. The first-order valence-electron chi connectivity index (χ1n) is 8.37. The number of anilines is 1. The maximum atomic E-state index is 14.1. The highest BCUT2D eigenvalue weighted by molar-refractivity contribution is 5.90. The van der Waals surface area contributed by atoms with Gasteiger partial charge in [-0.15, -0.1) is 0 Å². The first-order chi connectivity index (χ1) is 11.7. The molecule has 138 valence electrons. The average molecular weight is 352 g/mol. The number of rotatable bonds is 4. The molecular weight excluding hydrogens is 327 g/mol. The number of halogens is 1. The number of hydrogen-bond acceptors (Lipinski definition) is 4. The van der Waals surface area contributed by atoms with Crippen LogP contribution >= 0.6 is 0 Å². The normalized spacial score (nSPS) is 21.6. The number of carbonyl (C=O) groups is 2. The number of likely N-dealkylation sites (tertiary alicyclic amines) is 1. The molecule has 2 N–H and O–H groups in total. The van der Waals surface area contributed by atoms with Crippen molar-refractivity contribution >= 4 is 17.7 Å². The third kappa shape index (κ3) is 4.21. The van der Waals surface area contributed by atoms with Crippen LogP contribution in [-0.4, -0.2) is 48.3 Å². The van der Waals surface area contributed by atoms with Crippen LogP contribution in [0.5, 0.6) is 0 Å². The predicted octanol–water partition coefficient (Wildman–Crippen LogP) is 3.36. The van der Waals surface area contributed by atoms with E-state index in [2.05, 4.69) is 10.1 Å². The SMILES string of the molecule is COC(=O)c1cc(F)c(C)c(N[C@@H](C)[C@H]2CCN(C(=O)O)C[C@H]2C)c1.